The van der Waals surface area contributed by atoms with E-state index in [2.05, 4.69) is 0 Å². The third kappa shape index (κ3) is 4.73. The van der Waals surface area contributed by atoms with E-state index in [1.165, 1.54) is 18.2 Å². The molecule has 158 valence electrons. The first-order chi connectivity index (χ1) is 14.2. The molecule has 0 spiro atoms. The van der Waals surface area contributed by atoms with E-state index in [-0.39, 0.29) is 23.8 Å². The lowest BCUT2D eigenvalue weighted by molar-refractivity contribution is -0.137. The van der Waals surface area contributed by atoms with E-state index < -0.39 is 17.6 Å². The maximum absolute atomic E-state index is 13.8. The quantitative estimate of drug-likeness (QED) is 0.683. The number of hydrogen-bond acceptors (Lipinski definition) is 3. The number of nitriles is 1. The van der Waals surface area contributed by atoms with Gasteiger partial charge in [0, 0.05) is 32.6 Å². The summed E-state index contributed by atoms with van der Waals surface area (Å²) in [6, 6.07) is 11.2. The topological polar surface area (TPSA) is 47.3 Å². The zero-order chi connectivity index (χ0) is 21.9. The summed E-state index contributed by atoms with van der Waals surface area (Å²) in [4.78, 5) is 16.2. The minimum atomic E-state index is -4.38. The molecule has 1 aliphatic rings. The van der Waals surface area contributed by atoms with Crippen molar-refractivity contribution in [3.05, 3.63) is 65.0 Å². The van der Waals surface area contributed by atoms with Gasteiger partial charge in [0.25, 0.3) is 0 Å². The van der Waals surface area contributed by atoms with Gasteiger partial charge in [0.15, 0.2) is 0 Å². The second kappa shape index (κ2) is 8.74. The number of amides is 1. The van der Waals surface area contributed by atoms with Crippen LogP contribution in [0.15, 0.2) is 42.5 Å². The molecule has 3 rings (SSSR count). The fourth-order valence-electron chi connectivity index (χ4n) is 3.59. The van der Waals surface area contributed by atoms with Gasteiger partial charge in [0.2, 0.25) is 5.91 Å². The molecule has 4 nitrogen and oxygen atoms in total. The van der Waals surface area contributed by atoms with Crippen LogP contribution in [0.3, 0.4) is 0 Å². The summed E-state index contributed by atoms with van der Waals surface area (Å²) in [5.41, 5.74) is 0.472. The monoisotopic (exact) mass is 419 g/mol. The number of halogens is 4. The van der Waals surface area contributed by atoms with E-state index in [4.69, 9.17) is 0 Å². The Balaban J connectivity index is 1.58. The molecular weight excluding hydrogens is 398 g/mol. The molecule has 1 atom stereocenters. The molecule has 1 amide bonds. The zero-order valence-corrected chi connectivity index (χ0v) is 16.4. The van der Waals surface area contributed by atoms with Crippen molar-refractivity contribution in [2.24, 2.45) is 0 Å². The third-order valence-corrected chi connectivity index (χ3v) is 5.36. The number of benzene rings is 2. The molecule has 0 aromatic heterocycles. The summed E-state index contributed by atoms with van der Waals surface area (Å²) < 4.78 is 51.9. The summed E-state index contributed by atoms with van der Waals surface area (Å²) in [5, 5.41) is 9.20. The lowest BCUT2D eigenvalue weighted by Gasteiger charge is -2.37. The Morgan fingerprint density at radius 3 is 2.30 bits per heavy atom. The smallest absolute Gasteiger partial charge is 0.367 e. The van der Waals surface area contributed by atoms with E-state index in [1.807, 2.05) is 17.9 Å². The molecule has 0 saturated carbocycles. The third-order valence-electron chi connectivity index (χ3n) is 5.36. The van der Waals surface area contributed by atoms with Crippen molar-refractivity contribution in [2.45, 2.75) is 25.4 Å². The average molecular weight is 419 g/mol. The van der Waals surface area contributed by atoms with Gasteiger partial charge in [-0.25, -0.2) is 4.39 Å². The van der Waals surface area contributed by atoms with E-state index in [9.17, 15) is 27.6 Å². The molecule has 0 N–H and O–H groups in total. The molecule has 1 heterocycles. The van der Waals surface area contributed by atoms with Crippen molar-refractivity contribution in [1.29, 1.82) is 5.26 Å². The van der Waals surface area contributed by atoms with Gasteiger partial charge < -0.3 is 9.80 Å². The molecule has 2 aromatic rings. The molecule has 1 unspecified atom stereocenters. The van der Waals surface area contributed by atoms with E-state index in [0.717, 1.165) is 12.1 Å². The number of carbonyl (C=O) groups is 1. The fraction of sp³-hybridized carbons (Fsp3) is 0.364. The van der Waals surface area contributed by atoms with Crippen LogP contribution in [0, 0.1) is 17.1 Å². The van der Waals surface area contributed by atoms with Crippen LogP contribution in [0.5, 0.6) is 0 Å². The summed E-state index contributed by atoms with van der Waals surface area (Å²) in [7, 11) is 0. The molecule has 1 fully saturated rings. The lowest BCUT2D eigenvalue weighted by Crippen LogP contribution is -2.49. The fourth-order valence-corrected chi connectivity index (χ4v) is 3.59. The van der Waals surface area contributed by atoms with Crippen LogP contribution in [0.4, 0.5) is 23.2 Å². The number of carbonyl (C=O) groups excluding carboxylic acids is 1. The number of rotatable bonds is 4. The molecular formula is C22H21F4N3O. The number of hydrogen-bond donors (Lipinski definition) is 0. The predicted molar refractivity (Wildman–Crippen MR) is 104 cm³/mol. The number of piperazine rings is 1. The van der Waals surface area contributed by atoms with Gasteiger partial charge in [-0.1, -0.05) is 25.1 Å². The molecule has 8 heteroatoms. The maximum atomic E-state index is 13.8. The van der Waals surface area contributed by atoms with Crippen LogP contribution < -0.4 is 4.90 Å². The first-order valence-electron chi connectivity index (χ1n) is 9.59. The van der Waals surface area contributed by atoms with Gasteiger partial charge >= 0.3 is 6.18 Å². The minimum absolute atomic E-state index is 0.00629. The van der Waals surface area contributed by atoms with Crippen molar-refractivity contribution in [1.82, 2.24) is 4.90 Å². The highest BCUT2D eigenvalue weighted by Gasteiger charge is 2.30. The Morgan fingerprint density at radius 2 is 1.73 bits per heavy atom. The molecule has 1 saturated heterocycles. The maximum Gasteiger partial charge on any atom is 0.416 e. The Bertz CT molecular complexity index is 942. The zero-order valence-electron chi connectivity index (χ0n) is 16.4. The van der Waals surface area contributed by atoms with E-state index in [1.54, 1.807) is 17.0 Å². The summed E-state index contributed by atoms with van der Waals surface area (Å²) >= 11 is 0. The van der Waals surface area contributed by atoms with Crippen LogP contribution >= 0.6 is 0 Å². The van der Waals surface area contributed by atoms with Crippen molar-refractivity contribution in [2.75, 3.05) is 31.1 Å². The number of nitrogens with zero attached hydrogens (tertiary/aromatic N) is 3. The van der Waals surface area contributed by atoms with E-state index in [0.29, 0.717) is 37.4 Å². The van der Waals surface area contributed by atoms with E-state index >= 15 is 0 Å². The SMILES string of the molecule is CC(CC(=O)N1CCN(c2cccc(F)c2C#N)CC1)c1ccc(C(F)(F)F)cc1. The van der Waals surface area contributed by atoms with Gasteiger partial charge in [-0.3, -0.25) is 4.79 Å². The van der Waals surface area contributed by atoms with Gasteiger partial charge in [-0.05, 0) is 35.7 Å². The van der Waals surface area contributed by atoms with Gasteiger partial charge in [0.05, 0.1) is 11.3 Å². The number of alkyl halides is 3. The largest absolute Gasteiger partial charge is 0.416 e. The molecule has 0 bridgehead atoms. The lowest BCUT2D eigenvalue weighted by atomic mass is 9.96. The summed E-state index contributed by atoms with van der Waals surface area (Å²) in [5.74, 6) is -0.869. The van der Waals surface area contributed by atoms with Gasteiger partial charge in [0.1, 0.15) is 17.4 Å². The molecule has 1 aliphatic heterocycles. The normalized spacial score (nSPS) is 15.6. The molecule has 0 aliphatic carbocycles. The predicted octanol–water partition coefficient (Wildman–Crippen LogP) is 4.56. The van der Waals surface area contributed by atoms with Gasteiger partial charge in [-0.2, -0.15) is 18.4 Å². The molecule has 2 aromatic carbocycles. The Kier molecular flexibility index (Phi) is 6.30. The first kappa shape index (κ1) is 21.6. The first-order valence-corrected chi connectivity index (χ1v) is 9.59. The standard InChI is InChI=1S/C22H21F4N3O/c1-15(16-5-7-17(8-6-16)22(24,25)26)13-21(30)29-11-9-28(10-12-29)20-4-2-3-19(23)18(20)14-27/h2-8,15H,9-13H2,1H3. The molecule has 0 radical (unpaired) electrons. The number of anilines is 1. The highest BCUT2D eigenvalue weighted by Crippen LogP contribution is 2.31. The highest BCUT2D eigenvalue weighted by atomic mass is 19.4. The summed E-state index contributed by atoms with van der Waals surface area (Å²) in [6.07, 6.45) is -4.20. The Labute approximate surface area is 172 Å². The van der Waals surface area contributed by atoms with Crippen LogP contribution in [0.1, 0.15) is 36.0 Å². The van der Waals surface area contributed by atoms with Crippen LogP contribution in [-0.2, 0) is 11.0 Å². The van der Waals surface area contributed by atoms with Crippen molar-refractivity contribution >= 4 is 11.6 Å². The van der Waals surface area contributed by atoms with Crippen molar-refractivity contribution < 1.29 is 22.4 Å². The van der Waals surface area contributed by atoms with Gasteiger partial charge in [-0.15, -0.1) is 0 Å². The van der Waals surface area contributed by atoms with Crippen molar-refractivity contribution in [3.8, 4) is 6.07 Å². The minimum Gasteiger partial charge on any atom is -0.367 e. The summed E-state index contributed by atoms with van der Waals surface area (Å²) in [6.45, 7) is 3.61. The average Bonchev–Trinajstić information content (AvgIpc) is 2.73. The Hall–Kier alpha value is -3.08. The van der Waals surface area contributed by atoms with Crippen molar-refractivity contribution in [3.63, 3.8) is 0 Å². The molecule has 30 heavy (non-hydrogen) atoms. The van der Waals surface area contributed by atoms with Crippen LogP contribution in [0.25, 0.3) is 0 Å². The second-order valence-electron chi connectivity index (χ2n) is 7.34. The second-order valence-corrected chi connectivity index (χ2v) is 7.34. The Morgan fingerprint density at radius 1 is 1.10 bits per heavy atom. The van der Waals surface area contributed by atoms with Crippen LogP contribution in [-0.4, -0.2) is 37.0 Å². The van der Waals surface area contributed by atoms with Crippen LogP contribution in [0.2, 0.25) is 0 Å². The highest BCUT2D eigenvalue weighted by molar-refractivity contribution is 5.77.